The first-order valence-corrected chi connectivity index (χ1v) is 13.7. The maximum Gasteiger partial charge on any atom is 0.573 e. The van der Waals surface area contributed by atoms with Crippen molar-refractivity contribution in [3.63, 3.8) is 0 Å². The van der Waals surface area contributed by atoms with E-state index in [1.165, 1.54) is 47.0 Å². The summed E-state index contributed by atoms with van der Waals surface area (Å²) in [5, 5.41) is 24.8. The molecule has 1 aliphatic rings. The molecule has 0 saturated carbocycles. The summed E-state index contributed by atoms with van der Waals surface area (Å²) in [6.07, 6.45) is -1.63. The molecular formula is C29H27F3N6O2S. The summed E-state index contributed by atoms with van der Waals surface area (Å²) < 4.78 is 42.5. The summed E-state index contributed by atoms with van der Waals surface area (Å²) in [4.78, 5) is 6.15. The molecule has 0 radical (unpaired) electrons. The molecule has 1 N–H and O–H groups in total. The lowest BCUT2D eigenvalue weighted by atomic mass is 9.99. The Kier molecular flexibility index (Phi) is 7.87. The van der Waals surface area contributed by atoms with Gasteiger partial charge in [0.05, 0.1) is 11.9 Å². The number of hydrogen-bond donors (Lipinski definition) is 1. The number of anilines is 1. The van der Waals surface area contributed by atoms with E-state index in [0.717, 1.165) is 22.4 Å². The number of thioether (sulfide) groups is 1. The molecule has 8 nitrogen and oxygen atoms in total. The summed E-state index contributed by atoms with van der Waals surface area (Å²) in [5.41, 5.74) is 3.03. The molecule has 12 heteroatoms. The van der Waals surface area contributed by atoms with Gasteiger partial charge < -0.3 is 9.84 Å². The molecule has 0 amide bonds. The third-order valence-corrected chi connectivity index (χ3v) is 7.51. The predicted octanol–water partition coefficient (Wildman–Crippen LogP) is 6.61. The highest BCUT2D eigenvalue weighted by molar-refractivity contribution is 8.14. The van der Waals surface area contributed by atoms with Crippen LogP contribution in [-0.2, 0) is 0 Å². The minimum absolute atomic E-state index is 0.273. The smallest absolute Gasteiger partial charge is 0.406 e. The fourth-order valence-corrected chi connectivity index (χ4v) is 5.40. The van der Waals surface area contributed by atoms with E-state index >= 15 is 0 Å². The standard InChI is InChI=1S/C29H27F3N6O2S/c1-19(2)24-6-4-5-7-25(24)38-27(41-17-28(38,3)39)35-34-16-20-8-10-21(11-9-20)26-33-18-37(36-26)22-12-14-23(15-13-22)40-29(30,31)32/h4-16,18-19,39H,17H2,1-3H3/b34-16-,35-27+. The van der Waals surface area contributed by atoms with Crippen LogP contribution in [0.5, 0.6) is 5.75 Å². The fraction of sp³-hybridized carbons (Fsp3) is 0.241. The first-order valence-electron chi connectivity index (χ1n) is 12.7. The van der Waals surface area contributed by atoms with Crippen LogP contribution in [-0.4, -0.2) is 49.1 Å². The molecule has 1 saturated heterocycles. The number of ether oxygens (including phenoxy) is 1. The van der Waals surface area contributed by atoms with Crippen LogP contribution in [0.4, 0.5) is 18.9 Å². The number of halogens is 3. The topological polar surface area (TPSA) is 88.1 Å². The Labute approximate surface area is 239 Å². The van der Waals surface area contributed by atoms with Crippen molar-refractivity contribution in [2.24, 2.45) is 10.2 Å². The van der Waals surface area contributed by atoms with Gasteiger partial charge in [-0.15, -0.1) is 23.4 Å². The Balaban J connectivity index is 1.29. The zero-order valence-corrected chi connectivity index (χ0v) is 23.3. The average Bonchev–Trinajstić information content (AvgIpc) is 3.53. The monoisotopic (exact) mass is 580 g/mol. The van der Waals surface area contributed by atoms with Gasteiger partial charge in [-0.25, -0.2) is 9.67 Å². The molecule has 0 aliphatic carbocycles. The number of aromatic nitrogens is 3. The maximum absolute atomic E-state index is 12.4. The van der Waals surface area contributed by atoms with Gasteiger partial charge in [-0.05, 0) is 54.3 Å². The van der Waals surface area contributed by atoms with Gasteiger partial charge in [0.15, 0.2) is 16.7 Å². The van der Waals surface area contributed by atoms with E-state index in [0.29, 0.717) is 22.4 Å². The molecule has 5 rings (SSSR count). The molecular weight excluding hydrogens is 553 g/mol. The number of amidine groups is 1. The highest BCUT2D eigenvalue weighted by Gasteiger charge is 2.41. The molecule has 0 spiro atoms. The van der Waals surface area contributed by atoms with E-state index in [9.17, 15) is 18.3 Å². The quantitative estimate of drug-likeness (QED) is 0.196. The number of para-hydroxylation sites is 1. The van der Waals surface area contributed by atoms with E-state index in [-0.39, 0.29) is 11.7 Å². The summed E-state index contributed by atoms with van der Waals surface area (Å²) in [6, 6.07) is 20.7. The van der Waals surface area contributed by atoms with Crippen LogP contribution in [0.3, 0.4) is 0 Å². The van der Waals surface area contributed by atoms with Gasteiger partial charge in [-0.2, -0.15) is 5.10 Å². The zero-order chi connectivity index (χ0) is 29.2. The Morgan fingerprint density at radius 2 is 1.76 bits per heavy atom. The minimum atomic E-state index is -4.75. The number of alkyl halides is 3. The van der Waals surface area contributed by atoms with Crippen molar-refractivity contribution < 1.29 is 23.0 Å². The second-order valence-electron chi connectivity index (χ2n) is 9.86. The summed E-state index contributed by atoms with van der Waals surface area (Å²) >= 11 is 1.45. The van der Waals surface area contributed by atoms with Gasteiger partial charge in [-0.3, -0.25) is 4.90 Å². The molecule has 212 valence electrons. The van der Waals surface area contributed by atoms with Crippen LogP contribution in [0.25, 0.3) is 17.1 Å². The molecule has 1 atom stereocenters. The highest BCUT2D eigenvalue weighted by Crippen LogP contribution is 2.39. The SMILES string of the molecule is CC(C)c1ccccc1N1/C(=N\N=C/c2ccc(-c3ncn(-c4ccc(OC(F)(F)F)cc4)n3)cc2)SCC1(C)O. The molecule has 2 heterocycles. The van der Waals surface area contributed by atoms with Crippen LogP contribution in [0, 0.1) is 0 Å². The average molecular weight is 581 g/mol. The normalized spacial score (nSPS) is 18.6. The van der Waals surface area contributed by atoms with Crippen molar-refractivity contribution in [3.05, 3.63) is 90.3 Å². The third kappa shape index (κ3) is 6.60. The second-order valence-corrected chi connectivity index (χ2v) is 10.8. The molecule has 41 heavy (non-hydrogen) atoms. The van der Waals surface area contributed by atoms with E-state index in [1.54, 1.807) is 13.1 Å². The molecule has 1 aromatic heterocycles. The Bertz CT molecular complexity index is 1560. The summed E-state index contributed by atoms with van der Waals surface area (Å²) in [6.45, 7) is 6.00. The van der Waals surface area contributed by atoms with Crippen molar-refractivity contribution in [1.82, 2.24) is 14.8 Å². The molecule has 1 fully saturated rings. The number of aliphatic hydroxyl groups is 1. The van der Waals surface area contributed by atoms with Gasteiger partial charge in [0.2, 0.25) is 0 Å². The molecule has 4 aromatic rings. The van der Waals surface area contributed by atoms with Crippen LogP contribution >= 0.6 is 11.8 Å². The van der Waals surface area contributed by atoms with E-state index in [2.05, 4.69) is 44.9 Å². The molecule has 1 aliphatic heterocycles. The van der Waals surface area contributed by atoms with Crippen molar-refractivity contribution >= 4 is 28.8 Å². The third-order valence-electron chi connectivity index (χ3n) is 6.29. The maximum atomic E-state index is 12.4. The minimum Gasteiger partial charge on any atom is -0.406 e. The predicted molar refractivity (Wildman–Crippen MR) is 155 cm³/mol. The lowest BCUT2D eigenvalue weighted by molar-refractivity contribution is -0.274. The van der Waals surface area contributed by atoms with Gasteiger partial charge in [0.1, 0.15) is 12.1 Å². The first kappa shape index (κ1) is 28.4. The molecule has 3 aromatic carbocycles. The van der Waals surface area contributed by atoms with E-state index < -0.39 is 12.1 Å². The zero-order valence-electron chi connectivity index (χ0n) is 22.4. The van der Waals surface area contributed by atoms with Gasteiger partial charge in [0, 0.05) is 17.0 Å². The van der Waals surface area contributed by atoms with Crippen molar-refractivity contribution in [2.45, 2.75) is 38.8 Å². The van der Waals surface area contributed by atoms with Crippen LogP contribution in [0.15, 0.2) is 89.3 Å². The van der Waals surface area contributed by atoms with Gasteiger partial charge in [-0.1, -0.05) is 68.1 Å². The summed E-state index contributed by atoms with van der Waals surface area (Å²) in [7, 11) is 0. The fourth-order valence-electron chi connectivity index (χ4n) is 4.34. The second kappa shape index (κ2) is 11.4. The van der Waals surface area contributed by atoms with Crippen LogP contribution in [0.1, 0.15) is 37.8 Å². The lowest BCUT2D eigenvalue weighted by Crippen LogP contribution is -2.45. The molecule has 1 unspecified atom stereocenters. The van der Waals surface area contributed by atoms with Crippen LogP contribution < -0.4 is 9.64 Å². The Hall–Kier alpha value is -4.16. The lowest BCUT2D eigenvalue weighted by Gasteiger charge is -2.32. The van der Waals surface area contributed by atoms with Crippen molar-refractivity contribution in [1.29, 1.82) is 0 Å². The van der Waals surface area contributed by atoms with Gasteiger partial charge >= 0.3 is 6.36 Å². The van der Waals surface area contributed by atoms with Crippen molar-refractivity contribution in [2.75, 3.05) is 10.7 Å². The largest absolute Gasteiger partial charge is 0.573 e. The number of benzene rings is 3. The van der Waals surface area contributed by atoms with Crippen LogP contribution in [0.2, 0.25) is 0 Å². The number of hydrogen-bond acceptors (Lipinski definition) is 7. The Morgan fingerprint density at radius 1 is 1.05 bits per heavy atom. The summed E-state index contributed by atoms with van der Waals surface area (Å²) in [5.74, 6) is 0.880. The Morgan fingerprint density at radius 3 is 2.44 bits per heavy atom. The molecule has 0 bridgehead atoms. The van der Waals surface area contributed by atoms with Crippen molar-refractivity contribution in [3.8, 4) is 22.8 Å². The van der Waals surface area contributed by atoms with E-state index in [4.69, 9.17) is 0 Å². The highest BCUT2D eigenvalue weighted by atomic mass is 32.2. The van der Waals surface area contributed by atoms with Gasteiger partial charge in [0.25, 0.3) is 0 Å². The first-order chi connectivity index (χ1) is 19.5. The van der Waals surface area contributed by atoms with E-state index in [1.807, 2.05) is 47.4 Å². The number of nitrogens with zero attached hydrogens (tertiary/aromatic N) is 6. The number of rotatable bonds is 7.